The van der Waals surface area contributed by atoms with Crippen LogP contribution in [0.2, 0.25) is 0 Å². The summed E-state index contributed by atoms with van der Waals surface area (Å²) in [4.78, 5) is 29.1. The maximum atomic E-state index is 12.6. The quantitative estimate of drug-likeness (QED) is 0.390. The van der Waals surface area contributed by atoms with Crippen LogP contribution in [0, 0.1) is 0 Å². The molecule has 0 spiro atoms. The average Bonchev–Trinajstić information content (AvgIpc) is 3.19. The van der Waals surface area contributed by atoms with Gasteiger partial charge in [0.1, 0.15) is 11.9 Å². The number of phenolic OH excluding ortho intramolecular Hbond substituents is 1. The molecule has 4 N–H and O–H groups in total. The number of hydroxylamine groups is 1. The maximum absolute atomic E-state index is 12.6. The molecule has 8 heteroatoms. The summed E-state index contributed by atoms with van der Waals surface area (Å²) in [6.45, 7) is 3.58. The van der Waals surface area contributed by atoms with Crippen LogP contribution in [0.25, 0.3) is 16.9 Å². The highest BCUT2D eigenvalue weighted by Gasteiger charge is 2.27. The summed E-state index contributed by atoms with van der Waals surface area (Å²) in [5, 5.41) is 21.4. The Morgan fingerprint density at radius 1 is 1.03 bits per heavy atom. The van der Waals surface area contributed by atoms with Crippen LogP contribution in [-0.4, -0.2) is 28.3 Å². The minimum Gasteiger partial charge on any atom is -0.508 e. The molecule has 3 aromatic carbocycles. The summed E-state index contributed by atoms with van der Waals surface area (Å²) < 4.78 is 5.48. The van der Waals surface area contributed by atoms with Gasteiger partial charge in [-0.1, -0.05) is 60.7 Å². The van der Waals surface area contributed by atoms with Gasteiger partial charge < -0.3 is 19.8 Å². The van der Waals surface area contributed by atoms with E-state index in [1.807, 2.05) is 43.3 Å². The highest BCUT2D eigenvalue weighted by atomic mass is 16.7. The number of rotatable bonds is 7. The van der Waals surface area contributed by atoms with E-state index in [1.165, 1.54) is 0 Å². The van der Waals surface area contributed by atoms with E-state index in [2.05, 4.69) is 10.8 Å². The van der Waals surface area contributed by atoms with Crippen molar-refractivity contribution in [2.24, 2.45) is 0 Å². The number of hydrogen-bond acceptors (Lipinski definition) is 6. The molecule has 2 atom stereocenters. The largest absolute Gasteiger partial charge is 0.508 e. The van der Waals surface area contributed by atoms with Gasteiger partial charge in [-0.2, -0.15) is 0 Å². The van der Waals surface area contributed by atoms with Gasteiger partial charge >= 0.3 is 12.1 Å². The monoisotopic (exact) mass is 474 g/mol. The number of nitrogens with one attached hydrogen (secondary N) is 2. The van der Waals surface area contributed by atoms with Crippen molar-refractivity contribution in [2.75, 3.05) is 0 Å². The molecule has 0 saturated carbocycles. The average molecular weight is 475 g/mol. The predicted octanol–water partition coefficient (Wildman–Crippen LogP) is 4.77. The molecule has 8 nitrogen and oxygen atoms in total. The van der Waals surface area contributed by atoms with E-state index in [9.17, 15) is 14.7 Å². The number of ether oxygens (including phenoxy) is 1. The van der Waals surface area contributed by atoms with Crippen molar-refractivity contribution in [2.45, 2.75) is 32.4 Å². The van der Waals surface area contributed by atoms with Crippen molar-refractivity contribution in [1.29, 1.82) is 0 Å². The molecule has 1 unspecified atom stereocenters. The molecule has 1 aliphatic heterocycles. The molecule has 3 aromatic rings. The number of benzene rings is 3. The molecule has 0 saturated heterocycles. The van der Waals surface area contributed by atoms with E-state index >= 15 is 0 Å². The van der Waals surface area contributed by atoms with Crippen LogP contribution in [0.1, 0.15) is 36.6 Å². The fraction of sp³-hybridized carbons (Fsp3) is 0.185. The standard InChI is InChI=1S/C27H26N2O6/c1-16-25(28-27(33)34-17(2)22-4-3-5-23(30)15-22)26(35-29-16)21-12-10-20(11-13-21)19-8-6-18(7-9-19)14-24(31)32/h3-13,15-17,29-30H,14H2,1-2H3,(H,28,33)(H,31,32)/t16?,17-/m1/s1. The van der Waals surface area contributed by atoms with Crippen molar-refractivity contribution < 1.29 is 29.4 Å². The van der Waals surface area contributed by atoms with Gasteiger partial charge in [0.2, 0.25) is 0 Å². The number of carbonyl (C=O) groups excluding carboxylic acids is 1. The van der Waals surface area contributed by atoms with Crippen molar-refractivity contribution in [3.05, 3.63) is 95.2 Å². The van der Waals surface area contributed by atoms with Gasteiger partial charge in [0.25, 0.3) is 0 Å². The lowest BCUT2D eigenvalue weighted by Crippen LogP contribution is -2.32. The summed E-state index contributed by atoms with van der Waals surface area (Å²) in [5.41, 5.74) is 7.51. The Morgan fingerprint density at radius 2 is 1.66 bits per heavy atom. The molecule has 0 radical (unpaired) electrons. The highest BCUT2D eigenvalue weighted by Crippen LogP contribution is 2.29. The smallest absolute Gasteiger partial charge is 0.412 e. The Labute approximate surface area is 202 Å². The number of aromatic hydroxyl groups is 1. The minimum atomic E-state index is -0.864. The molecule has 1 amide bonds. The van der Waals surface area contributed by atoms with Gasteiger partial charge in [-0.3, -0.25) is 10.1 Å². The maximum Gasteiger partial charge on any atom is 0.412 e. The molecular weight excluding hydrogens is 448 g/mol. The Hall–Kier alpha value is -4.30. The third-order valence-corrected chi connectivity index (χ3v) is 5.67. The third kappa shape index (κ3) is 5.80. The van der Waals surface area contributed by atoms with E-state index in [0.717, 1.165) is 22.3 Å². The van der Waals surface area contributed by atoms with Gasteiger partial charge in [-0.25, -0.2) is 4.79 Å². The molecule has 0 aromatic heterocycles. The van der Waals surface area contributed by atoms with E-state index < -0.39 is 18.2 Å². The molecule has 0 bridgehead atoms. The Kier molecular flexibility index (Phi) is 7.03. The van der Waals surface area contributed by atoms with Gasteiger partial charge in [0.05, 0.1) is 18.2 Å². The zero-order chi connectivity index (χ0) is 24.9. The van der Waals surface area contributed by atoms with Crippen LogP contribution in [0.3, 0.4) is 0 Å². The fourth-order valence-electron chi connectivity index (χ4n) is 3.79. The summed E-state index contributed by atoms with van der Waals surface area (Å²) in [6.07, 6.45) is -1.20. The second-order valence-electron chi connectivity index (χ2n) is 8.30. The van der Waals surface area contributed by atoms with Crippen molar-refractivity contribution >= 4 is 17.8 Å². The number of carboxylic acid groups (broad SMARTS) is 1. The Morgan fingerprint density at radius 3 is 2.29 bits per heavy atom. The number of alkyl carbamates (subject to hydrolysis) is 1. The Balaban J connectivity index is 1.47. The molecule has 1 aliphatic rings. The first-order chi connectivity index (χ1) is 16.8. The molecule has 180 valence electrons. The predicted molar refractivity (Wildman–Crippen MR) is 130 cm³/mol. The first kappa shape index (κ1) is 23.8. The van der Waals surface area contributed by atoms with E-state index in [1.54, 1.807) is 43.3 Å². The number of hydrogen-bond donors (Lipinski definition) is 4. The summed E-state index contributed by atoms with van der Waals surface area (Å²) >= 11 is 0. The van der Waals surface area contributed by atoms with E-state index in [0.29, 0.717) is 17.0 Å². The molecule has 1 heterocycles. The number of carboxylic acids is 1. The lowest BCUT2D eigenvalue weighted by molar-refractivity contribution is -0.136. The first-order valence-electron chi connectivity index (χ1n) is 11.1. The van der Waals surface area contributed by atoms with Crippen LogP contribution < -0.4 is 10.8 Å². The topological polar surface area (TPSA) is 117 Å². The zero-order valence-corrected chi connectivity index (χ0v) is 19.3. The number of amides is 1. The summed E-state index contributed by atoms with van der Waals surface area (Å²) in [6, 6.07) is 21.3. The molecule has 35 heavy (non-hydrogen) atoms. The van der Waals surface area contributed by atoms with Crippen molar-refractivity contribution in [1.82, 2.24) is 10.8 Å². The third-order valence-electron chi connectivity index (χ3n) is 5.67. The lowest BCUT2D eigenvalue weighted by atomic mass is 10.0. The van der Waals surface area contributed by atoms with Crippen LogP contribution in [0.15, 0.2) is 78.5 Å². The second kappa shape index (κ2) is 10.3. The Bertz CT molecular complexity index is 1250. The van der Waals surface area contributed by atoms with Gasteiger partial charge in [0, 0.05) is 5.56 Å². The summed E-state index contributed by atoms with van der Waals surface area (Å²) in [5.74, 6) is -0.273. The van der Waals surface area contributed by atoms with Crippen molar-refractivity contribution in [3.63, 3.8) is 0 Å². The van der Waals surface area contributed by atoms with E-state index in [4.69, 9.17) is 14.7 Å². The number of aliphatic carboxylic acids is 1. The minimum absolute atomic E-state index is 0.0132. The highest BCUT2D eigenvalue weighted by molar-refractivity contribution is 5.77. The number of carbonyl (C=O) groups is 2. The van der Waals surface area contributed by atoms with Gasteiger partial charge in [0.15, 0.2) is 5.76 Å². The first-order valence-corrected chi connectivity index (χ1v) is 11.1. The normalized spacial score (nSPS) is 15.9. The molecule has 4 rings (SSSR count). The SMILES string of the molecule is CC1NOC(c2ccc(-c3ccc(CC(=O)O)cc3)cc2)=C1NC(=O)O[C@H](C)c1cccc(O)c1. The molecule has 0 aliphatic carbocycles. The zero-order valence-electron chi connectivity index (χ0n) is 19.3. The van der Waals surface area contributed by atoms with Crippen LogP contribution in [0.5, 0.6) is 5.75 Å². The number of phenols is 1. The van der Waals surface area contributed by atoms with E-state index in [-0.39, 0.29) is 18.2 Å². The lowest BCUT2D eigenvalue weighted by Gasteiger charge is -2.16. The molecular formula is C27H26N2O6. The summed E-state index contributed by atoms with van der Waals surface area (Å²) in [7, 11) is 0. The fourth-order valence-corrected chi connectivity index (χ4v) is 3.79. The van der Waals surface area contributed by atoms with Crippen LogP contribution in [0.4, 0.5) is 4.79 Å². The van der Waals surface area contributed by atoms with Crippen LogP contribution in [-0.2, 0) is 20.8 Å². The molecule has 0 fully saturated rings. The van der Waals surface area contributed by atoms with Gasteiger partial charge in [-0.15, -0.1) is 5.48 Å². The van der Waals surface area contributed by atoms with Crippen molar-refractivity contribution in [3.8, 4) is 16.9 Å². The van der Waals surface area contributed by atoms with Crippen LogP contribution >= 0.6 is 0 Å². The second-order valence-corrected chi connectivity index (χ2v) is 8.30. The van der Waals surface area contributed by atoms with Gasteiger partial charge in [-0.05, 0) is 48.2 Å².